The van der Waals surface area contributed by atoms with Gasteiger partial charge in [0.2, 0.25) is 0 Å². The summed E-state index contributed by atoms with van der Waals surface area (Å²) in [6.07, 6.45) is 9.07. The third kappa shape index (κ3) is 3.37. The van der Waals surface area contributed by atoms with Gasteiger partial charge in [0.05, 0.1) is 10.6 Å². The number of hydrogen-bond acceptors (Lipinski definition) is 6. The van der Waals surface area contributed by atoms with Gasteiger partial charge in [-0.2, -0.15) is 0 Å². The number of nitrogens with zero attached hydrogens (tertiary/aromatic N) is 5. The van der Waals surface area contributed by atoms with Crippen LogP contribution in [0.4, 0.5) is 0 Å². The zero-order valence-electron chi connectivity index (χ0n) is 12.8. The van der Waals surface area contributed by atoms with E-state index < -0.39 is 0 Å². The molecule has 23 heavy (non-hydrogen) atoms. The van der Waals surface area contributed by atoms with E-state index in [1.807, 2.05) is 43.6 Å². The minimum absolute atomic E-state index is 0.617. The lowest BCUT2D eigenvalue weighted by Crippen LogP contribution is -1.91. The molecule has 5 nitrogen and oxygen atoms in total. The third-order valence-electron chi connectivity index (χ3n) is 3.13. The SMILES string of the molecule is CC=C(C=NC)c1ncc(-c2cccc(-c3ncccn3)n2)s1. The summed E-state index contributed by atoms with van der Waals surface area (Å²) < 4.78 is 0. The lowest BCUT2D eigenvalue weighted by molar-refractivity contribution is 1.14. The highest BCUT2D eigenvalue weighted by molar-refractivity contribution is 7.16. The number of aliphatic imine (C=N–C) groups is 1. The van der Waals surface area contributed by atoms with Crippen molar-refractivity contribution in [1.29, 1.82) is 0 Å². The summed E-state index contributed by atoms with van der Waals surface area (Å²) in [4.78, 5) is 22.7. The summed E-state index contributed by atoms with van der Waals surface area (Å²) in [6, 6.07) is 7.61. The molecule has 0 saturated heterocycles. The Balaban J connectivity index is 1.96. The molecule has 0 radical (unpaired) electrons. The molecule has 0 aliphatic carbocycles. The highest BCUT2D eigenvalue weighted by Crippen LogP contribution is 2.29. The Hall–Kier alpha value is -2.73. The summed E-state index contributed by atoms with van der Waals surface area (Å²) in [5, 5.41) is 0.927. The second kappa shape index (κ2) is 7.02. The Morgan fingerprint density at radius 3 is 2.61 bits per heavy atom. The molecular weight excluding hydrogens is 306 g/mol. The van der Waals surface area contributed by atoms with Crippen molar-refractivity contribution in [3.8, 4) is 22.1 Å². The molecule has 6 heteroatoms. The number of pyridine rings is 1. The lowest BCUT2D eigenvalue weighted by atomic mass is 10.2. The van der Waals surface area contributed by atoms with Gasteiger partial charge in [0.25, 0.3) is 0 Å². The van der Waals surface area contributed by atoms with Crippen molar-refractivity contribution in [2.45, 2.75) is 6.92 Å². The normalized spacial score (nSPS) is 12.0. The molecule has 114 valence electrons. The quantitative estimate of drug-likeness (QED) is 0.686. The molecule has 0 saturated carbocycles. The van der Waals surface area contributed by atoms with Gasteiger partial charge in [-0.05, 0) is 25.1 Å². The highest BCUT2D eigenvalue weighted by atomic mass is 32.1. The molecule has 0 fully saturated rings. The van der Waals surface area contributed by atoms with E-state index >= 15 is 0 Å². The average Bonchev–Trinajstić information content (AvgIpc) is 3.10. The van der Waals surface area contributed by atoms with E-state index in [0.717, 1.165) is 26.8 Å². The van der Waals surface area contributed by atoms with Gasteiger partial charge >= 0.3 is 0 Å². The van der Waals surface area contributed by atoms with E-state index in [1.165, 1.54) is 0 Å². The molecular formula is C17H15N5S. The summed E-state index contributed by atoms with van der Waals surface area (Å²) >= 11 is 1.59. The van der Waals surface area contributed by atoms with Crippen molar-refractivity contribution in [2.75, 3.05) is 7.05 Å². The van der Waals surface area contributed by atoms with Crippen LogP contribution in [0, 0.1) is 0 Å². The number of aromatic nitrogens is 4. The average molecular weight is 321 g/mol. The van der Waals surface area contributed by atoms with Crippen LogP contribution >= 0.6 is 11.3 Å². The second-order valence-corrected chi connectivity index (χ2v) is 5.67. The molecule has 0 bridgehead atoms. The molecule has 0 amide bonds. The molecule has 0 unspecified atom stereocenters. The van der Waals surface area contributed by atoms with Gasteiger partial charge in [0.15, 0.2) is 5.82 Å². The van der Waals surface area contributed by atoms with Crippen LogP contribution in [0.25, 0.3) is 27.7 Å². The Morgan fingerprint density at radius 1 is 1.09 bits per heavy atom. The maximum atomic E-state index is 4.65. The van der Waals surface area contributed by atoms with Gasteiger partial charge in [0.1, 0.15) is 10.7 Å². The molecule has 3 aromatic heterocycles. The first-order chi connectivity index (χ1) is 11.3. The van der Waals surface area contributed by atoms with Crippen LogP contribution in [-0.2, 0) is 0 Å². The predicted molar refractivity (Wildman–Crippen MR) is 94.4 cm³/mol. The first kappa shape index (κ1) is 15.2. The van der Waals surface area contributed by atoms with Crippen LogP contribution in [-0.4, -0.2) is 33.2 Å². The van der Waals surface area contributed by atoms with Crippen molar-refractivity contribution in [1.82, 2.24) is 19.9 Å². The first-order valence-electron chi connectivity index (χ1n) is 7.11. The van der Waals surface area contributed by atoms with Crippen molar-refractivity contribution >= 4 is 23.1 Å². The fourth-order valence-electron chi connectivity index (χ4n) is 2.05. The van der Waals surface area contributed by atoms with Crippen molar-refractivity contribution in [3.63, 3.8) is 0 Å². The molecule has 0 aliphatic rings. The van der Waals surface area contributed by atoms with Crippen molar-refractivity contribution in [2.24, 2.45) is 4.99 Å². The Kier molecular flexibility index (Phi) is 4.63. The fraction of sp³-hybridized carbons (Fsp3) is 0.118. The van der Waals surface area contributed by atoms with Gasteiger partial charge in [-0.15, -0.1) is 11.3 Å². The van der Waals surface area contributed by atoms with Gasteiger partial charge in [-0.3, -0.25) is 4.99 Å². The van der Waals surface area contributed by atoms with Crippen LogP contribution < -0.4 is 0 Å². The minimum Gasteiger partial charge on any atom is -0.296 e. The van der Waals surface area contributed by atoms with E-state index in [2.05, 4.69) is 24.9 Å². The second-order valence-electron chi connectivity index (χ2n) is 4.64. The molecule has 0 spiro atoms. The molecule has 3 rings (SSSR count). The Bertz CT molecular complexity index is 852. The summed E-state index contributed by atoms with van der Waals surface area (Å²) in [5.74, 6) is 0.617. The number of rotatable bonds is 4. The standard InChI is InChI=1S/C17H15N5S/c1-3-12(10-18-2)17-21-11-15(23-17)13-6-4-7-14(22-13)16-19-8-5-9-20-16/h3-11H,1-2H3. The fourth-order valence-corrected chi connectivity index (χ4v) is 2.97. The van der Waals surface area contributed by atoms with Gasteiger partial charge in [0, 0.05) is 37.4 Å². The van der Waals surface area contributed by atoms with Crippen LogP contribution in [0.5, 0.6) is 0 Å². The third-order valence-corrected chi connectivity index (χ3v) is 4.20. The lowest BCUT2D eigenvalue weighted by Gasteiger charge is -2.01. The topological polar surface area (TPSA) is 63.9 Å². The molecule has 0 atom stereocenters. The van der Waals surface area contributed by atoms with Gasteiger partial charge in [-0.1, -0.05) is 12.1 Å². The highest BCUT2D eigenvalue weighted by Gasteiger charge is 2.10. The molecule has 0 aliphatic heterocycles. The molecule has 0 N–H and O–H groups in total. The number of hydrogen-bond donors (Lipinski definition) is 0. The Labute approximate surface area is 138 Å². The zero-order valence-corrected chi connectivity index (χ0v) is 13.7. The van der Waals surface area contributed by atoms with Crippen LogP contribution in [0.15, 0.2) is 53.9 Å². The van der Waals surface area contributed by atoms with E-state index in [-0.39, 0.29) is 0 Å². The smallest absolute Gasteiger partial charge is 0.178 e. The summed E-state index contributed by atoms with van der Waals surface area (Å²) in [7, 11) is 1.75. The number of allylic oxidation sites excluding steroid dienone is 2. The number of thiazole rings is 1. The van der Waals surface area contributed by atoms with Crippen molar-refractivity contribution in [3.05, 3.63) is 53.9 Å². The predicted octanol–water partition coefficient (Wildman–Crippen LogP) is 3.77. The maximum absolute atomic E-state index is 4.65. The van der Waals surface area contributed by atoms with Crippen LogP contribution in [0.3, 0.4) is 0 Å². The summed E-state index contributed by atoms with van der Waals surface area (Å²) in [6.45, 7) is 1.98. The van der Waals surface area contributed by atoms with E-state index in [4.69, 9.17) is 0 Å². The van der Waals surface area contributed by atoms with Gasteiger partial charge < -0.3 is 0 Å². The maximum Gasteiger partial charge on any atom is 0.178 e. The van der Waals surface area contributed by atoms with Crippen molar-refractivity contribution < 1.29 is 0 Å². The summed E-state index contributed by atoms with van der Waals surface area (Å²) in [5.41, 5.74) is 2.62. The van der Waals surface area contributed by atoms with E-state index in [1.54, 1.807) is 36.8 Å². The monoisotopic (exact) mass is 321 g/mol. The van der Waals surface area contributed by atoms with E-state index in [9.17, 15) is 0 Å². The van der Waals surface area contributed by atoms with Crippen LogP contribution in [0.2, 0.25) is 0 Å². The molecule has 3 heterocycles. The largest absolute Gasteiger partial charge is 0.296 e. The van der Waals surface area contributed by atoms with E-state index in [0.29, 0.717) is 5.82 Å². The van der Waals surface area contributed by atoms with Gasteiger partial charge in [-0.25, -0.2) is 19.9 Å². The Morgan fingerprint density at radius 2 is 1.87 bits per heavy atom. The van der Waals surface area contributed by atoms with Crippen LogP contribution in [0.1, 0.15) is 11.9 Å². The minimum atomic E-state index is 0.617. The molecule has 0 aromatic carbocycles. The zero-order chi connectivity index (χ0) is 16.1. The molecule has 3 aromatic rings. The first-order valence-corrected chi connectivity index (χ1v) is 7.93.